The summed E-state index contributed by atoms with van der Waals surface area (Å²) in [5.41, 5.74) is 7.93. The molecule has 0 fully saturated rings. The Bertz CT molecular complexity index is 615. The molecule has 2 heterocycles. The number of nitrogens with zero attached hydrogens (tertiary/aromatic N) is 4. The number of halogens is 1. The minimum Gasteiger partial charge on any atom is -0.370 e. The summed E-state index contributed by atoms with van der Waals surface area (Å²) in [4.78, 5) is 15.7. The molecule has 7 heteroatoms. The first-order valence-corrected chi connectivity index (χ1v) is 6.73. The molecule has 2 aromatic rings. The van der Waals surface area contributed by atoms with Crippen LogP contribution in [0.2, 0.25) is 0 Å². The van der Waals surface area contributed by atoms with E-state index < -0.39 is 0 Å². The van der Waals surface area contributed by atoms with E-state index in [0.717, 1.165) is 22.7 Å². The number of imidazole rings is 1. The Balaban J connectivity index is 2.59. The lowest BCUT2D eigenvalue weighted by Crippen LogP contribution is -2.20. The maximum Gasteiger partial charge on any atom is 0.219 e. The molecule has 1 unspecified atom stereocenters. The van der Waals surface area contributed by atoms with Crippen LogP contribution in [0.4, 0.5) is 0 Å². The summed E-state index contributed by atoms with van der Waals surface area (Å²) in [6.07, 6.45) is 0.920. The summed E-state index contributed by atoms with van der Waals surface area (Å²) < 4.78 is 3.80. The van der Waals surface area contributed by atoms with Crippen molar-refractivity contribution < 1.29 is 4.79 Å². The van der Waals surface area contributed by atoms with Crippen LogP contribution in [0.15, 0.2) is 0 Å². The van der Waals surface area contributed by atoms with E-state index in [1.54, 1.807) is 4.68 Å². The lowest BCUT2D eigenvalue weighted by atomic mass is 10.2. The van der Waals surface area contributed by atoms with Gasteiger partial charge in [0.05, 0.1) is 5.69 Å². The van der Waals surface area contributed by atoms with Crippen molar-refractivity contribution in [1.29, 1.82) is 0 Å². The number of hydrogen-bond donors (Lipinski definition) is 1. The Morgan fingerprint density at radius 2 is 2.21 bits per heavy atom. The van der Waals surface area contributed by atoms with E-state index in [-0.39, 0.29) is 18.4 Å². The second-order valence-electron chi connectivity index (χ2n) is 4.74. The molecular weight excluding hydrogens is 266 g/mol. The van der Waals surface area contributed by atoms with Gasteiger partial charge in [-0.1, -0.05) is 0 Å². The molecule has 2 N–H and O–H groups in total. The number of carbonyl (C=O) groups is 1. The van der Waals surface area contributed by atoms with E-state index in [0.29, 0.717) is 12.3 Å². The predicted molar refractivity (Wildman–Crippen MR) is 74.2 cm³/mol. The smallest absolute Gasteiger partial charge is 0.219 e. The van der Waals surface area contributed by atoms with Gasteiger partial charge < -0.3 is 10.3 Å². The number of aromatic nitrogens is 4. The maximum absolute atomic E-state index is 11.1. The molecule has 6 nitrogen and oxygen atoms in total. The third-order valence-corrected chi connectivity index (χ3v) is 3.35. The van der Waals surface area contributed by atoms with Gasteiger partial charge in [0.25, 0.3) is 0 Å². The predicted octanol–water partition coefficient (Wildman–Crippen LogP) is 1.30. The van der Waals surface area contributed by atoms with Crippen molar-refractivity contribution in [1.82, 2.24) is 19.3 Å². The number of primary amides is 1. The molecule has 0 aliphatic carbocycles. The van der Waals surface area contributed by atoms with Crippen LogP contribution in [0.25, 0.3) is 11.2 Å². The van der Waals surface area contributed by atoms with E-state index in [4.69, 9.17) is 17.3 Å². The molecule has 1 atom stereocenters. The fourth-order valence-corrected chi connectivity index (χ4v) is 2.62. The molecule has 0 radical (unpaired) electrons. The SMILES string of the molecule is Cc1nn(C)c2c1nc(CCCl)n2C(C)CC(N)=O. The Labute approximate surface area is 116 Å². The number of nitrogens with two attached hydrogens (primary N) is 1. The van der Waals surface area contributed by atoms with Crippen LogP contribution in [-0.4, -0.2) is 31.1 Å². The lowest BCUT2D eigenvalue weighted by molar-refractivity contribution is -0.118. The first-order chi connectivity index (χ1) is 8.95. The molecule has 1 amide bonds. The lowest BCUT2D eigenvalue weighted by Gasteiger charge is -2.16. The molecular formula is C12H18ClN5O. The van der Waals surface area contributed by atoms with Crippen LogP contribution in [0.1, 0.15) is 30.9 Å². The van der Waals surface area contributed by atoms with E-state index in [2.05, 4.69) is 10.1 Å². The molecule has 0 aliphatic heterocycles. The zero-order valence-electron chi connectivity index (χ0n) is 11.4. The molecule has 2 aromatic heterocycles. The Hall–Kier alpha value is -1.56. The van der Waals surface area contributed by atoms with Crippen molar-refractivity contribution >= 4 is 28.7 Å². The van der Waals surface area contributed by atoms with Crippen LogP contribution < -0.4 is 5.73 Å². The minimum atomic E-state index is -0.329. The number of carbonyl (C=O) groups excluding carboxylic acids is 1. The number of rotatable bonds is 5. The monoisotopic (exact) mass is 283 g/mol. The van der Waals surface area contributed by atoms with E-state index in [9.17, 15) is 4.79 Å². The van der Waals surface area contributed by atoms with Gasteiger partial charge in [0.1, 0.15) is 11.3 Å². The highest BCUT2D eigenvalue weighted by molar-refractivity contribution is 6.17. The number of hydrogen-bond acceptors (Lipinski definition) is 3. The van der Waals surface area contributed by atoms with Crippen molar-refractivity contribution in [3.63, 3.8) is 0 Å². The molecule has 2 rings (SSSR count). The molecule has 0 aliphatic rings. The van der Waals surface area contributed by atoms with Crippen molar-refractivity contribution in [3.05, 3.63) is 11.5 Å². The van der Waals surface area contributed by atoms with Crippen molar-refractivity contribution in [2.45, 2.75) is 32.7 Å². The van der Waals surface area contributed by atoms with Crippen LogP contribution in [-0.2, 0) is 18.3 Å². The summed E-state index contributed by atoms with van der Waals surface area (Å²) >= 11 is 5.83. The van der Waals surface area contributed by atoms with Gasteiger partial charge in [-0.3, -0.25) is 9.48 Å². The fourth-order valence-electron chi connectivity index (χ4n) is 2.45. The molecule has 19 heavy (non-hydrogen) atoms. The van der Waals surface area contributed by atoms with Crippen molar-refractivity contribution in [3.8, 4) is 0 Å². The summed E-state index contributed by atoms with van der Waals surface area (Å²) in [5.74, 6) is 1.03. The Morgan fingerprint density at radius 3 is 2.79 bits per heavy atom. The number of amides is 1. The van der Waals surface area contributed by atoms with Gasteiger partial charge in [-0.05, 0) is 13.8 Å². The Morgan fingerprint density at radius 1 is 1.53 bits per heavy atom. The largest absolute Gasteiger partial charge is 0.370 e. The van der Waals surface area contributed by atoms with Gasteiger partial charge in [0.2, 0.25) is 5.91 Å². The van der Waals surface area contributed by atoms with Crippen LogP contribution >= 0.6 is 11.6 Å². The second-order valence-corrected chi connectivity index (χ2v) is 5.12. The minimum absolute atomic E-state index is 0.0597. The van der Waals surface area contributed by atoms with Crippen molar-refractivity contribution in [2.24, 2.45) is 12.8 Å². The van der Waals surface area contributed by atoms with E-state index in [1.165, 1.54) is 0 Å². The average Bonchev–Trinajstić information content (AvgIpc) is 2.78. The normalized spacial score (nSPS) is 13.1. The van der Waals surface area contributed by atoms with Gasteiger partial charge in [-0.2, -0.15) is 5.10 Å². The van der Waals surface area contributed by atoms with Crippen LogP contribution in [0.5, 0.6) is 0 Å². The number of fused-ring (bicyclic) bond motifs is 1. The molecule has 0 aromatic carbocycles. The Kier molecular flexibility index (Phi) is 3.80. The van der Waals surface area contributed by atoms with Gasteiger partial charge in [-0.15, -0.1) is 11.6 Å². The molecule has 0 bridgehead atoms. The number of alkyl halides is 1. The topological polar surface area (TPSA) is 78.7 Å². The summed E-state index contributed by atoms with van der Waals surface area (Å²) in [7, 11) is 1.87. The van der Waals surface area contributed by atoms with Gasteiger partial charge in [0, 0.05) is 31.8 Å². The zero-order valence-corrected chi connectivity index (χ0v) is 12.1. The first kappa shape index (κ1) is 13.9. The van der Waals surface area contributed by atoms with Crippen LogP contribution in [0, 0.1) is 6.92 Å². The summed E-state index contributed by atoms with van der Waals surface area (Å²) in [6, 6.07) is -0.0597. The highest BCUT2D eigenvalue weighted by atomic mass is 35.5. The fraction of sp³-hybridized carbons (Fsp3) is 0.583. The van der Waals surface area contributed by atoms with Crippen molar-refractivity contribution in [2.75, 3.05) is 5.88 Å². The quantitative estimate of drug-likeness (QED) is 0.840. The molecule has 0 saturated heterocycles. The standard InChI is InChI=1S/C12H18ClN5O/c1-7(6-9(14)19)18-10(4-5-13)15-11-8(2)16-17(3)12(11)18/h7H,4-6H2,1-3H3,(H2,14,19). The third kappa shape index (κ3) is 2.45. The van der Waals surface area contributed by atoms with E-state index >= 15 is 0 Å². The van der Waals surface area contributed by atoms with E-state index in [1.807, 2.05) is 25.5 Å². The molecule has 0 spiro atoms. The average molecular weight is 284 g/mol. The van der Waals surface area contributed by atoms with Crippen LogP contribution in [0.3, 0.4) is 0 Å². The second kappa shape index (κ2) is 5.21. The zero-order chi connectivity index (χ0) is 14.2. The van der Waals surface area contributed by atoms with Gasteiger partial charge >= 0.3 is 0 Å². The number of aryl methyl sites for hydroxylation is 3. The highest BCUT2D eigenvalue weighted by Gasteiger charge is 2.21. The first-order valence-electron chi connectivity index (χ1n) is 6.20. The molecule has 104 valence electrons. The third-order valence-electron chi connectivity index (χ3n) is 3.16. The van der Waals surface area contributed by atoms with Gasteiger partial charge in [0.15, 0.2) is 5.65 Å². The highest BCUT2D eigenvalue weighted by Crippen LogP contribution is 2.25. The summed E-state index contributed by atoms with van der Waals surface area (Å²) in [6.45, 7) is 3.87. The summed E-state index contributed by atoms with van der Waals surface area (Å²) in [5, 5.41) is 4.36. The van der Waals surface area contributed by atoms with Gasteiger partial charge in [-0.25, -0.2) is 4.98 Å². The maximum atomic E-state index is 11.1. The molecule has 0 saturated carbocycles.